The summed E-state index contributed by atoms with van der Waals surface area (Å²) in [4.78, 5) is 75.6. The topological polar surface area (TPSA) is 233 Å². The first-order chi connectivity index (χ1) is 13.7. The van der Waals surface area contributed by atoms with Crippen molar-refractivity contribution in [1.82, 2.24) is 30.4 Å². The molecular weight excluding hydrogens is 528 g/mol. The zero-order chi connectivity index (χ0) is 22.1. The van der Waals surface area contributed by atoms with Crippen LogP contribution in [0.3, 0.4) is 0 Å². The van der Waals surface area contributed by atoms with E-state index >= 15 is 0 Å². The van der Waals surface area contributed by atoms with Gasteiger partial charge in [-0.3, -0.25) is 0 Å². The molecule has 16 nitrogen and oxygen atoms in total. The fraction of sp³-hybridized carbons (Fsp3) is 0. The summed E-state index contributed by atoms with van der Waals surface area (Å²) in [5.74, 6) is 0. The Morgan fingerprint density at radius 3 is 0.464 bits per heavy atom. The van der Waals surface area contributed by atoms with E-state index in [1.54, 1.807) is 0 Å². The van der Waals surface area contributed by atoms with Crippen LogP contribution in [0.1, 0.15) is 0 Å². The van der Waals surface area contributed by atoms with Gasteiger partial charge in [-0.2, -0.15) is 0 Å². The summed E-state index contributed by atoms with van der Waals surface area (Å²) in [7, 11) is 0. The van der Waals surface area contributed by atoms with E-state index in [-0.39, 0.29) is 0 Å². The van der Waals surface area contributed by atoms with Crippen LogP contribution in [0.4, 0.5) is 0 Å². The fourth-order valence-electron chi connectivity index (χ4n) is 0.402. The SMILES string of the molecule is O=C[NH][Ti][NH]C=O.O=C[NH][Ti][NH]C=O.O=C[NH][Ti][NH]C=O.O=C[NH][Ti][NH]C=O. The first-order valence-corrected chi connectivity index (χ1v) is 12.4. The van der Waals surface area contributed by atoms with Gasteiger partial charge in [0.2, 0.25) is 0 Å². The van der Waals surface area contributed by atoms with Crippen molar-refractivity contribution in [3.8, 4) is 0 Å². The van der Waals surface area contributed by atoms with Gasteiger partial charge in [-0.05, 0) is 0 Å². The number of rotatable bonds is 16. The Balaban J connectivity index is -0.000000137. The fourth-order valence-corrected chi connectivity index (χ4v) is 1.66. The van der Waals surface area contributed by atoms with E-state index in [9.17, 15) is 38.4 Å². The molecule has 0 bridgehead atoms. The molecule has 0 atom stereocenters. The van der Waals surface area contributed by atoms with Gasteiger partial charge in [0.05, 0.1) is 0 Å². The van der Waals surface area contributed by atoms with E-state index in [0.29, 0.717) is 51.3 Å². The number of amides is 8. The molecule has 0 spiro atoms. The predicted octanol–water partition coefficient (Wildman–Crippen LogP) is -6.44. The van der Waals surface area contributed by atoms with Crippen LogP contribution in [-0.2, 0) is 117 Å². The third kappa shape index (κ3) is 64.3. The molecule has 0 fully saturated rings. The Kier molecular flexibility index (Phi) is 54.6. The van der Waals surface area contributed by atoms with Gasteiger partial charge in [0.25, 0.3) is 0 Å². The number of hydrogen-bond donors (Lipinski definition) is 8. The second kappa shape index (κ2) is 44.8. The van der Waals surface area contributed by atoms with Crippen molar-refractivity contribution >= 4 is 51.3 Å². The normalized spacial score (nSPS) is 6.29. The third-order valence-corrected chi connectivity index (χ3v) is 4.32. The van der Waals surface area contributed by atoms with Crippen LogP contribution < -0.4 is 30.4 Å². The molecule has 0 heterocycles. The van der Waals surface area contributed by atoms with E-state index in [1.165, 1.54) is 0 Å². The Hall–Kier alpha value is -1.38. The van der Waals surface area contributed by atoms with E-state index in [1.807, 2.05) is 0 Å². The van der Waals surface area contributed by atoms with Crippen molar-refractivity contribution in [3.05, 3.63) is 0 Å². The average Bonchev–Trinajstić information content (AvgIpc) is 2.71. The summed E-state index contributed by atoms with van der Waals surface area (Å²) in [6.07, 6.45) is 4.53. The summed E-state index contributed by atoms with van der Waals surface area (Å²) in [6, 6.07) is 0. The Morgan fingerprint density at radius 2 is 0.393 bits per heavy atom. The van der Waals surface area contributed by atoms with Gasteiger partial charge in [-0.1, -0.05) is 0 Å². The summed E-state index contributed by atoms with van der Waals surface area (Å²) in [5.41, 5.74) is 0. The molecule has 0 saturated heterocycles. The van der Waals surface area contributed by atoms with Crippen LogP contribution >= 0.6 is 0 Å². The number of hydrogen-bond acceptors (Lipinski definition) is 8. The van der Waals surface area contributed by atoms with Crippen LogP contribution in [-0.4, -0.2) is 51.3 Å². The van der Waals surface area contributed by atoms with Crippen LogP contribution in [0.15, 0.2) is 0 Å². The van der Waals surface area contributed by atoms with Crippen molar-refractivity contribution < 1.29 is 117 Å². The van der Waals surface area contributed by atoms with Gasteiger partial charge in [-0.25, -0.2) is 0 Å². The molecule has 0 rings (SSSR count). The number of carbonyl (C=O) groups excluding carboxylic acids is 8. The Morgan fingerprint density at radius 1 is 0.286 bits per heavy atom. The molecule has 0 aromatic carbocycles. The minimum absolute atomic E-state index is 0.566. The molecule has 152 valence electrons. The van der Waals surface area contributed by atoms with Gasteiger partial charge >= 0.3 is 199 Å². The first kappa shape index (κ1) is 34.1. The van der Waals surface area contributed by atoms with Crippen molar-refractivity contribution in [2.75, 3.05) is 0 Å². The van der Waals surface area contributed by atoms with Crippen LogP contribution in [0.2, 0.25) is 0 Å². The molecule has 20 heteroatoms. The Bertz CT molecular complexity index is 307. The number of nitrogens with one attached hydrogen (secondary N) is 8. The third-order valence-electron chi connectivity index (χ3n) is 1.05. The number of carbonyl (C=O) groups is 8. The molecule has 0 aliphatic carbocycles. The zero-order valence-corrected chi connectivity index (χ0v) is 20.1. The quantitative estimate of drug-likeness (QED) is 0.0528. The van der Waals surface area contributed by atoms with E-state index in [0.717, 1.165) is 0 Å². The second-order valence-electron chi connectivity index (χ2n) is 2.60. The molecule has 0 aliphatic rings. The molecule has 0 aliphatic heterocycles. The molecule has 0 unspecified atom stereocenters. The van der Waals surface area contributed by atoms with Crippen molar-refractivity contribution in [1.29, 1.82) is 0 Å². The maximum atomic E-state index is 9.44. The molecule has 0 aromatic rings. The van der Waals surface area contributed by atoms with Crippen LogP contribution in [0.25, 0.3) is 0 Å². The summed E-state index contributed by atoms with van der Waals surface area (Å²) < 4.78 is 18.8. The summed E-state index contributed by atoms with van der Waals surface area (Å²) >= 11 is -2.89. The molecule has 8 N–H and O–H groups in total. The van der Waals surface area contributed by atoms with E-state index in [4.69, 9.17) is 0 Å². The first-order valence-electron chi connectivity index (χ1n) is 6.20. The minimum atomic E-state index is -0.722. The van der Waals surface area contributed by atoms with Crippen LogP contribution in [0.5, 0.6) is 0 Å². The van der Waals surface area contributed by atoms with E-state index < -0.39 is 78.7 Å². The molecule has 0 saturated carbocycles. The standard InChI is InChI=1S/8CH3NO.4Ti/c8*2-1-3;;;;/h8*1H,(H2,2,3);;;;/q;;;;;;;;4*+2/p-8. The van der Waals surface area contributed by atoms with Crippen molar-refractivity contribution in [3.63, 3.8) is 0 Å². The van der Waals surface area contributed by atoms with Gasteiger partial charge in [-0.15, -0.1) is 0 Å². The molecule has 8 amide bonds. The van der Waals surface area contributed by atoms with E-state index in [2.05, 4.69) is 30.4 Å². The monoisotopic (exact) mass is 544 g/mol. The van der Waals surface area contributed by atoms with Crippen LogP contribution in [0, 0.1) is 0 Å². The van der Waals surface area contributed by atoms with Gasteiger partial charge in [0.15, 0.2) is 0 Å². The molecule has 0 aromatic heterocycles. The second-order valence-corrected chi connectivity index (χ2v) is 7.77. The average molecular weight is 544 g/mol. The molecular formula is C8H16N8O8Ti4. The molecule has 28 heavy (non-hydrogen) atoms. The zero-order valence-electron chi connectivity index (χ0n) is 13.9. The van der Waals surface area contributed by atoms with Crippen molar-refractivity contribution in [2.45, 2.75) is 0 Å². The maximum absolute atomic E-state index is 9.44. The summed E-state index contributed by atoms with van der Waals surface area (Å²) in [5, 5.41) is 0. The van der Waals surface area contributed by atoms with Crippen molar-refractivity contribution in [2.24, 2.45) is 0 Å². The Labute approximate surface area is 197 Å². The molecule has 0 radical (unpaired) electrons. The van der Waals surface area contributed by atoms with Gasteiger partial charge in [0, 0.05) is 0 Å². The predicted molar refractivity (Wildman–Crippen MR) is 73.6 cm³/mol. The van der Waals surface area contributed by atoms with Gasteiger partial charge in [0.1, 0.15) is 0 Å². The summed E-state index contributed by atoms with van der Waals surface area (Å²) in [6.45, 7) is 0. The van der Waals surface area contributed by atoms with Gasteiger partial charge < -0.3 is 0 Å².